The number of pyridine rings is 1. The quantitative estimate of drug-likeness (QED) is 0.919. The maximum absolute atomic E-state index is 13.7. The number of ether oxygens (including phenoxy) is 1. The summed E-state index contributed by atoms with van der Waals surface area (Å²) in [6.45, 7) is 1.59. The van der Waals surface area contributed by atoms with Gasteiger partial charge >= 0.3 is 5.97 Å². The van der Waals surface area contributed by atoms with Gasteiger partial charge in [0.2, 0.25) is 0 Å². The van der Waals surface area contributed by atoms with Crippen LogP contribution in [0.4, 0.5) is 4.39 Å². The molecule has 0 amide bonds. The number of carboxylic acids is 1. The van der Waals surface area contributed by atoms with Gasteiger partial charge in [0.1, 0.15) is 6.61 Å². The van der Waals surface area contributed by atoms with Crippen molar-refractivity contribution in [3.8, 4) is 5.75 Å². The average Bonchev–Trinajstić information content (AvgIpc) is 2.40. The number of carbonyl (C=O) groups is 1. The van der Waals surface area contributed by atoms with Crippen LogP contribution in [0.15, 0.2) is 36.5 Å². The van der Waals surface area contributed by atoms with Crippen LogP contribution in [-0.4, -0.2) is 16.1 Å². The summed E-state index contributed by atoms with van der Waals surface area (Å²) in [6, 6.07) is 8.01. The lowest BCUT2D eigenvalue weighted by molar-refractivity contribution is 0.0687. The number of aryl methyl sites for hydroxylation is 1. The van der Waals surface area contributed by atoms with Crippen molar-refractivity contribution in [1.82, 2.24) is 4.98 Å². The third kappa shape index (κ3) is 2.88. The van der Waals surface area contributed by atoms with Crippen LogP contribution in [0.25, 0.3) is 0 Å². The number of aromatic nitrogens is 1. The zero-order chi connectivity index (χ0) is 13.8. The number of halogens is 1. The molecule has 0 aliphatic carbocycles. The van der Waals surface area contributed by atoms with E-state index in [1.54, 1.807) is 31.2 Å². The average molecular weight is 261 g/mol. The Labute approximate surface area is 109 Å². The van der Waals surface area contributed by atoms with Crippen molar-refractivity contribution in [2.75, 3.05) is 0 Å². The standard InChI is InChI=1S/C14H12FNO3/c1-9-4-2-6-11(12(9)15)19-8-10-5-3-7-16-13(10)14(17)18/h2-7H,8H2,1H3,(H,17,18). The Morgan fingerprint density at radius 2 is 2.16 bits per heavy atom. The highest BCUT2D eigenvalue weighted by Crippen LogP contribution is 2.21. The fourth-order valence-corrected chi connectivity index (χ4v) is 1.64. The number of carboxylic acid groups (broad SMARTS) is 1. The lowest BCUT2D eigenvalue weighted by Gasteiger charge is -2.09. The smallest absolute Gasteiger partial charge is 0.354 e. The molecule has 0 fully saturated rings. The lowest BCUT2D eigenvalue weighted by atomic mass is 10.2. The molecule has 2 rings (SSSR count). The van der Waals surface area contributed by atoms with Gasteiger partial charge in [-0.05, 0) is 24.6 Å². The molecule has 19 heavy (non-hydrogen) atoms. The Bertz CT molecular complexity index is 613. The zero-order valence-corrected chi connectivity index (χ0v) is 10.3. The molecule has 0 aliphatic rings. The van der Waals surface area contributed by atoms with Gasteiger partial charge in [0.25, 0.3) is 0 Å². The summed E-state index contributed by atoms with van der Waals surface area (Å²) in [5.74, 6) is -1.48. The van der Waals surface area contributed by atoms with Crippen molar-refractivity contribution in [2.45, 2.75) is 13.5 Å². The predicted octanol–water partition coefficient (Wildman–Crippen LogP) is 2.81. The summed E-state index contributed by atoms with van der Waals surface area (Å²) in [5.41, 5.74) is 0.786. The molecule has 1 N–H and O–H groups in total. The Kier molecular flexibility index (Phi) is 3.75. The molecule has 0 saturated carbocycles. The van der Waals surface area contributed by atoms with E-state index in [4.69, 9.17) is 9.84 Å². The first-order valence-corrected chi connectivity index (χ1v) is 5.64. The molecular formula is C14H12FNO3. The fourth-order valence-electron chi connectivity index (χ4n) is 1.64. The second-order valence-corrected chi connectivity index (χ2v) is 3.99. The van der Waals surface area contributed by atoms with Gasteiger partial charge in [0, 0.05) is 11.8 Å². The van der Waals surface area contributed by atoms with Crippen molar-refractivity contribution < 1.29 is 19.0 Å². The molecule has 0 spiro atoms. The van der Waals surface area contributed by atoms with E-state index >= 15 is 0 Å². The van der Waals surface area contributed by atoms with E-state index in [2.05, 4.69) is 4.98 Å². The highest BCUT2D eigenvalue weighted by atomic mass is 19.1. The summed E-state index contributed by atoms with van der Waals surface area (Å²) in [4.78, 5) is 14.7. The van der Waals surface area contributed by atoms with Gasteiger partial charge in [0.05, 0.1) is 0 Å². The molecule has 0 bridgehead atoms. The first kappa shape index (κ1) is 13.0. The second kappa shape index (κ2) is 5.48. The van der Waals surface area contributed by atoms with Gasteiger partial charge in [-0.2, -0.15) is 0 Å². The second-order valence-electron chi connectivity index (χ2n) is 3.99. The molecule has 1 aromatic heterocycles. The monoisotopic (exact) mass is 261 g/mol. The largest absolute Gasteiger partial charge is 0.486 e. The van der Waals surface area contributed by atoms with Crippen molar-refractivity contribution >= 4 is 5.97 Å². The van der Waals surface area contributed by atoms with Crippen LogP contribution < -0.4 is 4.74 Å². The molecule has 0 saturated heterocycles. The topological polar surface area (TPSA) is 59.4 Å². The van der Waals surface area contributed by atoms with E-state index in [1.165, 1.54) is 12.3 Å². The molecule has 0 unspecified atom stereocenters. The van der Waals surface area contributed by atoms with Gasteiger partial charge in [0.15, 0.2) is 17.3 Å². The Morgan fingerprint density at radius 3 is 2.89 bits per heavy atom. The highest BCUT2D eigenvalue weighted by Gasteiger charge is 2.12. The van der Waals surface area contributed by atoms with E-state index in [0.717, 1.165) is 0 Å². The molecule has 0 radical (unpaired) electrons. The molecule has 2 aromatic rings. The molecule has 5 heteroatoms. The predicted molar refractivity (Wildman–Crippen MR) is 66.7 cm³/mol. The number of aromatic carboxylic acids is 1. The molecule has 1 heterocycles. The van der Waals surface area contributed by atoms with Crippen LogP contribution >= 0.6 is 0 Å². The van der Waals surface area contributed by atoms with Crippen LogP contribution in [0.5, 0.6) is 5.75 Å². The maximum atomic E-state index is 13.7. The first-order valence-electron chi connectivity index (χ1n) is 5.64. The van der Waals surface area contributed by atoms with Crippen molar-refractivity contribution in [3.63, 3.8) is 0 Å². The summed E-state index contributed by atoms with van der Waals surface area (Å²) in [5, 5.41) is 8.97. The van der Waals surface area contributed by atoms with Crippen LogP contribution in [-0.2, 0) is 6.61 Å². The van der Waals surface area contributed by atoms with Crippen LogP contribution in [0, 0.1) is 12.7 Å². The highest BCUT2D eigenvalue weighted by molar-refractivity contribution is 5.86. The van der Waals surface area contributed by atoms with E-state index in [9.17, 15) is 9.18 Å². The normalized spacial score (nSPS) is 10.2. The van der Waals surface area contributed by atoms with Gasteiger partial charge in [-0.1, -0.05) is 18.2 Å². The van der Waals surface area contributed by atoms with Gasteiger partial charge in [-0.3, -0.25) is 0 Å². The van der Waals surface area contributed by atoms with Gasteiger partial charge < -0.3 is 9.84 Å². The van der Waals surface area contributed by atoms with E-state index in [1.807, 2.05) is 0 Å². The van der Waals surface area contributed by atoms with Crippen molar-refractivity contribution in [1.29, 1.82) is 0 Å². The third-order valence-corrected chi connectivity index (χ3v) is 2.63. The van der Waals surface area contributed by atoms with Gasteiger partial charge in [-0.15, -0.1) is 0 Å². The Balaban J connectivity index is 2.19. The summed E-state index contributed by atoms with van der Waals surface area (Å²) >= 11 is 0. The molecular weight excluding hydrogens is 249 g/mol. The number of nitrogens with zero attached hydrogens (tertiary/aromatic N) is 1. The molecule has 0 aliphatic heterocycles. The number of rotatable bonds is 4. The van der Waals surface area contributed by atoms with Crippen LogP contribution in [0.2, 0.25) is 0 Å². The van der Waals surface area contributed by atoms with Crippen molar-refractivity contribution in [2.24, 2.45) is 0 Å². The minimum Gasteiger partial charge on any atom is -0.486 e. The molecule has 0 atom stereocenters. The number of benzene rings is 1. The number of hydrogen-bond donors (Lipinski definition) is 1. The Hall–Kier alpha value is -2.43. The van der Waals surface area contributed by atoms with E-state index < -0.39 is 11.8 Å². The van der Waals surface area contributed by atoms with Gasteiger partial charge in [-0.25, -0.2) is 14.2 Å². The van der Waals surface area contributed by atoms with Crippen LogP contribution in [0.1, 0.15) is 21.6 Å². The SMILES string of the molecule is Cc1cccc(OCc2cccnc2C(=O)O)c1F. The first-order chi connectivity index (χ1) is 9.09. The zero-order valence-electron chi connectivity index (χ0n) is 10.3. The third-order valence-electron chi connectivity index (χ3n) is 2.63. The molecule has 1 aromatic carbocycles. The Morgan fingerprint density at radius 1 is 1.37 bits per heavy atom. The summed E-state index contributed by atoms with van der Waals surface area (Å²) < 4.78 is 19.0. The molecule has 4 nitrogen and oxygen atoms in total. The van der Waals surface area contributed by atoms with Crippen molar-refractivity contribution in [3.05, 3.63) is 59.2 Å². The maximum Gasteiger partial charge on any atom is 0.354 e. The van der Waals surface area contributed by atoms with Crippen LogP contribution in [0.3, 0.4) is 0 Å². The molecule has 98 valence electrons. The minimum atomic E-state index is -1.14. The fraction of sp³-hybridized carbons (Fsp3) is 0.143. The van der Waals surface area contributed by atoms with E-state index in [-0.39, 0.29) is 18.1 Å². The summed E-state index contributed by atoms with van der Waals surface area (Å²) in [6.07, 6.45) is 1.39. The number of hydrogen-bond acceptors (Lipinski definition) is 3. The minimum absolute atomic E-state index is 0.0458. The van der Waals surface area contributed by atoms with E-state index in [0.29, 0.717) is 11.1 Å². The summed E-state index contributed by atoms with van der Waals surface area (Å²) in [7, 11) is 0. The lowest BCUT2D eigenvalue weighted by Crippen LogP contribution is -2.08.